The van der Waals surface area contributed by atoms with Gasteiger partial charge >= 0.3 is 0 Å². The van der Waals surface area contributed by atoms with E-state index in [1.165, 1.54) is 31.4 Å². The Balaban J connectivity index is 1.33. The Morgan fingerprint density at radius 3 is 2.71 bits per heavy atom. The van der Waals surface area contributed by atoms with Crippen molar-refractivity contribution in [2.45, 2.75) is 31.2 Å². The molecule has 5 nitrogen and oxygen atoms in total. The Labute approximate surface area is 142 Å². The van der Waals surface area contributed by atoms with Crippen molar-refractivity contribution in [1.82, 2.24) is 14.7 Å². The number of amides is 1. The van der Waals surface area contributed by atoms with Crippen molar-refractivity contribution in [1.29, 1.82) is 0 Å². The standard InChI is InChI=1S/C19H24N4O/c1-22(17-7-8-17)11-14-9-18(14)13-3-5-16(6-4-13)21-19(24)15-10-20-23(2)12-15/h3-6,10,12,14,17-18H,7-9,11H2,1-2H3,(H,21,24). The van der Waals surface area contributed by atoms with Gasteiger partial charge in [-0.1, -0.05) is 12.1 Å². The van der Waals surface area contributed by atoms with Crippen LogP contribution in [0.3, 0.4) is 0 Å². The molecule has 5 heteroatoms. The highest BCUT2D eigenvalue weighted by molar-refractivity contribution is 6.03. The Hall–Kier alpha value is -2.14. The lowest BCUT2D eigenvalue weighted by Crippen LogP contribution is -2.23. The first kappa shape index (κ1) is 15.4. The summed E-state index contributed by atoms with van der Waals surface area (Å²) in [7, 11) is 4.06. The molecule has 4 rings (SSSR count). The van der Waals surface area contributed by atoms with Gasteiger partial charge in [0.1, 0.15) is 0 Å². The lowest BCUT2D eigenvalue weighted by molar-refractivity contribution is 0.102. The molecule has 1 amide bonds. The molecule has 1 aromatic carbocycles. The number of nitrogens with one attached hydrogen (secondary N) is 1. The molecule has 0 bridgehead atoms. The molecule has 1 N–H and O–H groups in total. The molecule has 2 aliphatic rings. The normalized spacial score (nSPS) is 22.6. The Morgan fingerprint density at radius 1 is 1.33 bits per heavy atom. The highest BCUT2D eigenvalue weighted by atomic mass is 16.1. The van der Waals surface area contributed by atoms with Gasteiger partial charge < -0.3 is 10.2 Å². The van der Waals surface area contributed by atoms with E-state index in [4.69, 9.17) is 0 Å². The van der Waals surface area contributed by atoms with Crippen LogP contribution in [0.15, 0.2) is 36.7 Å². The molecule has 2 aliphatic carbocycles. The molecule has 2 fully saturated rings. The summed E-state index contributed by atoms with van der Waals surface area (Å²) in [5.74, 6) is 1.37. The van der Waals surface area contributed by atoms with E-state index in [9.17, 15) is 4.79 Å². The lowest BCUT2D eigenvalue weighted by atomic mass is 10.1. The fourth-order valence-electron chi connectivity index (χ4n) is 3.45. The van der Waals surface area contributed by atoms with Crippen molar-refractivity contribution in [2.75, 3.05) is 18.9 Å². The number of hydrogen-bond acceptors (Lipinski definition) is 3. The van der Waals surface area contributed by atoms with Gasteiger partial charge in [-0.05, 0) is 55.8 Å². The molecule has 1 heterocycles. The number of carbonyl (C=O) groups is 1. The van der Waals surface area contributed by atoms with E-state index in [1.807, 2.05) is 12.1 Å². The Morgan fingerprint density at radius 2 is 2.08 bits per heavy atom. The number of anilines is 1. The summed E-state index contributed by atoms with van der Waals surface area (Å²) in [5, 5.41) is 6.95. The number of aryl methyl sites for hydroxylation is 1. The summed E-state index contributed by atoms with van der Waals surface area (Å²) < 4.78 is 1.63. The van der Waals surface area contributed by atoms with Crippen LogP contribution in [-0.2, 0) is 7.05 Å². The smallest absolute Gasteiger partial charge is 0.258 e. The maximum atomic E-state index is 12.1. The largest absolute Gasteiger partial charge is 0.322 e. The molecular weight excluding hydrogens is 300 g/mol. The number of benzene rings is 1. The van der Waals surface area contributed by atoms with Gasteiger partial charge in [-0.25, -0.2) is 0 Å². The molecule has 2 unspecified atom stereocenters. The van der Waals surface area contributed by atoms with Crippen molar-refractivity contribution in [3.8, 4) is 0 Å². The van der Waals surface area contributed by atoms with E-state index in [-0.39, 0.29) is 5.91 Å². The van der Waals surface area contributed by atoms with Crippen LogP contribution >= 0.6 is 0 Å². The molecule has 0 saturated heterocycles. The quantitative estimate of drug-likeness (QED) is 0.889. The molecule has 1 aromatic heterocycles. The minimum absolute atomic E-state index is 0.119. The Kier molecular flexibility index (Phi) is 3.88. The first-order chi connectivity index (χ1) is 11.6. The molecule has 2 saturated carbocycles. The monoisotopic (exact) mass is 324 g/mol. The molecule has 24 heavy (non-hydrogen) atoms. The second-order valence-corrected chi connectivity index (χ2v) is 7.25. The van der Waals surface area contributed by atoms with E-state index >= 15 is 0 Å². The molecule has 0 spiro atoms. The molecule has 2 aromatic rings. The fourth-order valence-corrected chi connectivity index (χ4v) is 3.45. The number of carbonyl (C=O) groups excluding carboxylic acids is 1. The zero-order valence-corrected chi connectivity index (χ0v) is 14.3. The molecule has 0 radical (unpaired) electrons. The van der Waals surface area contributed by atoms with Gasteiger partial charge in [-0.3, -0.25) is 9.48 Å². The van der Waals surface area contributed by atoms with Crippen LogP contribution in [-0.4, -0.2) is 40.2 Å². The second kappa shape index (κ2) is 6.06. The van der Waals surface area contributed by atoms with Gasteiger partial charge in [0.15, 0.2) is 0 Å². The summed E-state index contributed by atoms with van der Waals surface area (Å²) in [5.41, 5.74) is 2.80. The maximum Gasteiger partial charge on any atom is 0.258 e. The highest BCUT2D eigenvalue weighted by Gasteiger charge is 2.40. The summed E-state index contributed by atoms with van der Waals surface area (Å²) in [6.45, 7) is 1.22. The minimum atomic E-state index is -0.119. The first-order valence-electron chi connectivity index (χ1n) is 8.70. The van der Waals surface area contributed by atoms with Crippen molar-refractivity contribution < 1.29 is 4.79 Å². The van der Waals surface area contributed by atoms with Gasteiger partial charge in [0.25, 0.3) is 5.91 Å². The van der Waals surface area contributed by atoms with Gasteiger partial charge in [0.2, 0.25) is 0 Å². The van der Waals surface area contributed by atoms with Crippen LogP contribution in [0.25, 0.3) is 0 Å². The predicted molar refractivity (Wildman–Crippen MR) is 94.1 cm³/mol. The van der Waals surface area contributed by atoms with E-state index in [0.717, 1.165) is 17.6 Å². The number of rotatable bonds is 6. The molecule has 126 valence electrons. The van der Waals surface area contributed by atoms with Gasteiger partial charge in [0.05, 0.1) is 11.8 Å². The van der Waals surface area contributed by atoms with Crippen molar-refractivity contribution in [3.63, 3.8) is 0 Å². The van der Waals surface area contributed by atoms with Gasteiger partial charge in [-0.15, -0.1) is 0 Å². The van der Waals surface area contributed by atoms with Crippen LogP contribution in [0, 0.1) is 5.92 Å². The van der Waals surface area contributed by atoms with Crippen molar-refractivity contribution >= 4 is 11.6 Å². The van der Waals surface area contributed by atoms with E-state index < -0.39 is 0 Å². The fraction of sp³-hybridized carbons (Fsp3) is 0.474. The predicted octanol–water partition coefficient (Wildman–Crippen LogP) is 2.87. The lowest BCUT2D eigenvalue weighted by Gasteiger charge is -2.15. The SMILES string of the molecule is CN(CC1CC1c1ccc(NC(=O)c2cnn(C)c2)cc1)C1CC1. The average molecular weight is 324 g/mol. The van der Waals surface area contributed by atoms with Crippen molar-refractivity contribution in [2.24, 2.45) is 13.0 Å². The van der Waals surface area contributed by atoms with Gasteiger partial charge in [-0.2, -0.15) is 5.10 Å². The average Bonchev–Trinajstić information content (AvgIpc) is 3.48. The highest BCUT2D eigenvalue weighted by Crippen LogP contribution is 2.48. The summed E-state index contributed by atoms with van der Waals surface area (Å²) in [6.07, 6.45) is 7.33. The van der Waals surface area contributed by atoms with Crippen LogP contribution in [0.4, 0.5) is 5.69 Å². The summed E-state index contributed by atoms with van der Waals surface area (Å²) in [6, 6.07) is 9.16. The van der Waals surface area contributed by atoms with Crippen LogP contribution in [0.1, 0.15) is 41.1 Å². The minimum Gasteiger partial charge on any atom is -0.322 e. The van der Waals surface area contributed by atoms with Crippen LogP contribution < -0.4 is 5.32 Å². The molecular formula is C19H24N4O. The number of nitrogens with zero attached hydrogens (tertiary/aromatic N) is 3. The van der Waals surface area contributed by atoms with Crippen LogP contribution in [0.2, 0.25) is 0 Å². The first-order valence-corrected chi connectivity index (χ1v) is 8.70. The van der Waals surface area contributed by atoms with Crippen molar-refractivity contribution in [3.05, 3.63) is 47.8 Å². The zero-order valence-electron chi connectivity index (χ0n) is 14.3. The summed E-state index contributed by atoms with van der Waals surface area (Å²) in [4.78, 5) is 14.7. The third-order valence-corrected chi connectivity index (χ3v) is 5.18. The van der Waals surface area contributed by atoms with E-state index in [2.05, 4.69) is 34.5 Å². The van der Waals surface area contributed by atoms with E-state index in [1.54, 1.807) is 24.1 Å². The zero-order chi connectivity index (χ0) is 16.7. The second-order valence-electron chi connectivity index (χ2n) is 7.25. The topological polar surface area (TPSA) is 50.2 Å². The maximum absolute atomic E-state index is 12.1. The van der Waals surface area contributed by atoms with Gasteiger partial charge in [0, 0.05) is 31.5 Å². The van der Waals surface area contributed by atoms with E-state index in [0.29, 0.717) is 11.5 Å². The Bertz CT molecular complexity index is 732. The number of hydrogen-bond donors (Lipinski definition) is 1. The third-order valence-electron chi connectivity index (χ3n) is 5.18. The van der Waals surface area contributed by atoms with Crippen LogP contribution in [0.5, 0.6) is 0 Å². The third kappa shape index (κ3) is 3.36. The molecule has 0 aliphatic heterocycles. The number of aromatic nitrogens is 2. The summed E-state index contributed by atoms with van der Waals surface area (Å²) >= 11 is 0. The molecule has 2 atom stereocenters.